The van der Waals surface area contributed by atoms with Crippen molar-refractivity contribution < 1.29 is 19.0 Å². The van der Waals surface area contributed by atoms with Crippen LogP contribution in [0.2, 0.25) is 0 Å². The van der Waals surface area contributed by atoms with Crippen molar-refractivity contribution in [3.63, 3.8) is 0 Å². The van der Waals surface area contributed by atoms with Crippen LogP contribution in [0.5, 0.6) is 17.2 Å². The topological polar surface area (TPSA) is 73.4 Å². The van der Waals surface area contributed by atoms with Crippen LogP contribution in [0.4, 0.5) is 0 Å². The summed E-state index contributed by atoms with van der Waals surface area (Å²) in [5.41, 5.74) is 3.73. The highest BCUT2D eigenvalue weighted by Crippen LogP contribution is 2.45. The number of nitrogens with zero attached hydrogens (tertiary/aromatic N) is 1. The average molecular weight is 453 g/mol. The molecule has 0 bridgehead atoms. The van der Waals surface area contributed by atoms with Gasteiger partial charge in [0.2, 0.25) is 6.79 Å². The lowest BCUT2D eigenvalue weighted by Crippen LogP contribution is -2.32. The van der Waals surface area contributed by atoms with Crippen molar-refractivity contribution in [2.45, 2.75) is 31.8 Å². The summed E-state index contributed by atoms with van der Waals surface area (Å²) in [6, 6.07) is 19.7. The van der Waals surface area contributed by atoms with Crippen molar-refractivity contribution in [3.05, 3.63) is 95.6 Å². The van der Waals surface area contributed by atoms with Crippen molar-refractivity contribution in [3.8, 4) is 28.4 Å². The summed E-state index contributed by atoms with van der Waals surface area (Å²) in [7, 11) is 0. The largest absolute Gasteiger partial charge is 0.474 e. The number of nitrogens with one attached hydrogen (secondary N) is 1. The van der Waals surface area contributed by atoms with E-state index in [0.717, 1.165) is 46.4 Å². The van der Waals surface area contributed by atoms with Crippen LogP contribution in [0.15, 0.2) is 73.1 Å². The minimum Gasteiger partial charge on any atom is -0.474 e. The molecule has 0 amide bonds. The molecule has 6 heteroatoms. The molecule has 6 nitrogen and oxygen atoms in total. The van der Waals surface area contributed by atoms with Crippen LogP contribution >= 0.6 is 0 Å². The van der Waals surface area contributed by atoms with Gasteiger partial charge in [-0.15, -0.1) is 0 Å². The third kappa shape index (κ3) is 3.34. The summed E-state index contributed by atoms with van der Waals surface area (Å²) in [5, 5.41) is 0. The van der Waals surface area contributed by atoms with Gasteiger partial charge in [-0.3, -0.25) is 4.79 Å². The average Bonchev–Trinajstić information content (AvgIpc) is 3.57. The van der Waals surface area contributed by atoms with Gasteiger partial charge >= 0.3 is 0 Å². The summed E-state index contributed by atoms with van der Waals surface area (Å²) >= 11 is 0. The summed E-state index contributed by atoms with van der Waals surface area (Å²) in [5.74, 6) is 2.97. The fourth-order valence-electron chi connectivity index (χ4n) is 4.91. The van der Waals surface area contributed by atoms with E-state index in [1.807, 2.05) is 67.6 Å². The Morgan fingerprint density at radius 3 is 2.68 bits per heavy atom. The molecule has 0 saturated heterocycles. The first-order valence-electron chi connectivity index (χ1n) is 11.5. The first kappa shape index (κ1) is 20.5. The summed E-state index contributed by atoms with van der Waals surface area (Å²) in [4.78, 5) is 20.5. The van der Waals surface area contributed by atoms with Gasteiger partial charge in [-0.1, -0.05) is 36.4 Å². The minimum atomic E-state index is -0.872. The molecule has 170 valence electrons. The normalized spacial score (nSPS) is 16.1. The van der Waals surface area contributed by atoms with Gasteiger partial charge < -0.3 is 19.2 Å². The van der Waals surface area contributed by atoms with E-state index >= 15 is 0 Å². The molecule has 1 atom stereocenters. The SMILES string of the molecule is C[C@](Oc1ccc2c(c1-c1ccc3c(c1)OCO3)CCCC2=O)(c1ccccc1)c1ncc[nH]1. The lowest BCUT2D eigenvalue weighted by molar-refractivity contribution is 0.0972. The summed E-state index contributed by atoms with van der Waals surface area (Å²) < 4.78 is 18.0. The number of imidazole rings is 1. The van der Waals surface area contributed by atoms with E-state index in [1.54, 1.807) is 12.4 Å². The molecule has 2 aliphatic rings. The molecule has 0 fully saturated rings. The van der Waals surface area contributed by atoms with E-state index in [1.165, 1.54) is 0 Å². The second-order valence-corrected chi connectivity index (χ2v) is 8.75. The van der Waals surface area contributed by atoms with Crippen LogP contribution in [0, 0.1) is 0 Å². The zero-order chi connectivity index (χ0) is 23.1. The fraction of sp³-hybridized carbons (Fsp3) is 0.214. The van der Waals surface area contributed by atoms with Gasteiger partial charge in [0.25, 0.3) is 0 Å². The van der Waals surface area contributed by atoms with Gasteiger partial charge in [0.05, 0.1) is 0 Å². The fourth-order valence-corrected chi connectivity index (χ4v) is 4.91. The van der Waals surface area contributed by atoms with Crippen molar-refractivity contribution in [2.75, 3.05) is 6.79 Å². The van der Waals surface area contributed by atoms with Gasteiger partial charge in [0, 0.05) is 35.5 Å². The first-order valence-corrected chi connectivity index (χ1v) is 11.5. The molecule has 2 heterocycles. The van der Waals surface area contributed by atoms with Crippen LogP contribution in [0.3, 0.4) is 0 Å². The van der Waals surface area contributed by atoms with Crippen molar-refractivity contribution in [2.24, 2.45) is 0 Å². The monoisotopic (exact) mass is 452 g/mol. The second kappa shape index (κ2) is 8.06. The second-order valence-electron chi connectivity index (χ2n) is 8.75. The van der Waals surface area contributed by atoms with E-state index in [-0.39, 0.29) is 12.6 Å². The third-order valence-electron chi connectivity index (χ3n) is 6.66. The highest BCUT2D eigenvalue weighted by atomic mass is 16.7. The van der Waals surface area contributed by atoms with Gasteiger partial charge in [-0.25, -0.2) is 4.98 Å². The molecule has 0 radical (unpaired) electrons. The van der Waals surface area contributed by atoms with Crippen LogP contribution < -0.4 is 14.2 Å². The van der Waals surface area contributed by atoms with Crippen molar-refractivity contribution >= 4 is 5.78 Å². The summed E-state index contributed by atoms with van der Waals surface area (Å²) in [6.07, 6.45) is 5.72. The number of benzene rings is 3. The number of fused-ring (bicyclic) bond motifs is 2. The standard InChI is InChI=1S/C28H24N2O4/c1-28(27-29-14-15-30-27,19-6-3-2-4-7-19)34-24-13-11-20-21(8-5-9-22(20)31)26(24)18-10-12-23-25(16-18)33-17-32-23/h2-4,6-7,10-16H,5,8-9,17H2,1H3,(H,29,30)/t28-/m0/s1. The van der Waals surface area contributed by atoms with Gasteiger partial charge in [-0.05, 0) is 55.2 Å². The molecule has 0 saturated carbocycles. The van der Waals surface area contributed by atoms with Crippen molar-refractivity contribution in [1.29, 1.82) is 0 Å². The number of carbonyl (C=O) groups excluding carboxylic acids is 1. The molecule has 0 unspecified atom stereocenters. The van der Waals surface area contributed by atoms with E-state index in [2.05, 4.69) is 9.97 Å². The smallest absolute Gasteiger partial charge is 0.231 e. The highest BCUT2D eigenvalue weighted by Gasteiger charge is 2.36. The Morgan fingerprint density at radius 1 is 1.00 bits per heavy atom. The lowest BCUT2D eigenvalue weighted by atomic mass is 9.84. The lowest BCUT2D eigenvalue weighted by Gasteiger charge is -2.32. The van der Waals surface area contributed by atoms with Crippen molar-refractivity contribution in [1.82, 2.24) is 9.97 Å². The Hall–Kier alpha value is -4.06. The molecule has 1 aromatic heterocycles. The predicted octanol–water partition coefficient (Wildman–Crippen LogP) is 5.67. The zero-order valence-corrected chi connectivity index (χ0v) is 18.8. The van der Waals surface area contributed by atoms with E-state index < -0.39 is 5.60 Å². The minimum absolute atomic E-state index is 0.173. The molecule has 6 rings (SSSR count). The molecule has 34 heavy (non-hydrogen) atoms. The number of ether oxygens (including phenoxy) is 3. The van der Waals surface area contributed by atoms with E-state index in [4.69, 9.17) is 14.2 Å². The molecular weight excluding hydrogens is 428 g/mol. The van der Waals surface area contributed by atoms with Crippen LogP contribution in [0.1, 0.15) is 47.1 Å². The summed E-state index contributed by atoms with van der Waals surface area (Å²) in [6.45, 7) is 2.22. The van der Waals surface area contributed by atoms with E-state index in [9.17, 15) is 4.79 Å². The zero-order valence-electron chi connectivity index (χ0n) is 18.8. The van der Waals surface area contributed by atoms with E-state index in [0.29, 0.717) is 23.7 Å². The molecule has 3 aromatic carbocycles. The predicted molar refractivity (Wildman–Crippen MR) is 127 cm³/mol. The van der Waals surface area contributed by atoms with Gasteiger partial charge in [0.1, 0.15) is 5.75 Å². The molecule has 0 spiro atoms. The number of carbonyl (C=O) groups is 1. The Morgan fingerprint density at radius 2 is 1.85 bits per heavy atom. The number of hydrogen-bond donors (Lipinski definition) is 1. The van der Waals surface area contributed by atoms with Gasteiger partial charge in [-0.2, -0.15) is 0 Å². The van der Waals surface area contributed by atoms with Crippen LogP contribution in [-0.4, -0.2) is 22.5 Å². The molecule has 1 aliphatic heterocycles. The number of hydrogen-bond acceptors (Lipinski definition) is 5. The Bertz CT molecular complexity index is 1360. The maximum atomic E-state index is 12.8. The third-order valence-corrected chi connectivity index (χ3v) is 6.66. The maximum Gasteiger partial charge on any atom is 0.231 e. The Labute approximate surface area is 197 Å². The number of ketones is 1. The quantitative estimate of drug-likeness (QED) is 0.423. The number of aromatic amines is 1. The van der Waals surface area contributed by atoms with Crippen LogP contribution in [0.25, 0.3) is 11.1 Å². The number of rotatable bonds is 5. The Kier molecular flexibility index (Phi) is 4.87. The molecule has 1 aliphatic carbocycles. The maximum absolute atomic E-state index is 12.8. The van der Waals surface area contributed by atoms with Gasteiger partial charge in [0.15, 0.2) is 28.7 Å². The first-order chi connectivity index (χ1) is 16.6. The molecular formula is C28H24N2O4. The molecule has 1 N–H and O–H groups in total. The Balaban J connectivity index is 1.54. The number of aromatic nitrogens is 2. The number of Topliss-reactive ketones (excluding diaryl/α,β-unsaturated/α-hetero) is 1. The highest BCUT2D eigenvalue weighted by molar-refractivity contribution is 6.01. The van der Waals surface area contributed by atoms with Crippen LogP contribution in [-0.2, 0) is 12.0 Å². The number of H-pyrrole nitrogens is 1. The molecule has 4 aromatic rings.